The van der Waals surface area contributed by atoms with Crippen LogP contribution in [0.15, 0.2) is 0 Å². The van der Waals surface area contributed by atoms with Gasteiger partial charge in [0.25, 0.3) is 0 Å². The van der Waals surface area contributed by atoms with Gasteiger partial charge < -0.3 is 10.5 Å². The van der Waals surface area contributed by atoms with E-state index in [1.54, 1.807) is 0 Å². The predicted molar refractivity (Wildman–Crippen MR) is 35.1 cm³/mol. The molecule has 8 heavy (non-hydrogen) atoms. The first kappa shape index (κ1) is 40.5. The first-order valence-electron chi connectivity index (χ1n) is 1.20. The van der Waals surface area contributed by atoms with Gasteiger partial charge in [-0.2, -0.15) is 14.0 Å². The fraction of sp³-hybridized carbons (Fsp3) is 0.800. The van der Waals surface area contributed by atoms with Crippen molar-refractivity contribution in [2.75, 3.05) is 7.05 Å². The van der Waals surface area contributed by atoms with Crippen LogP contribution in [0.5, 0.6) is 0 Å². The monoisotopic (exact) mass is 289 g/mol. The summed E-state index contributed by atoms with van der Waals surface area (Å²) in [6, 6.07) is 0. The van der Waals surface area contributed by atoms with Crippen molar-refractivity contribution >= 4 is 6.29 Å². The van der Waals surface area contributed by atoms with Gasteiger partial charge >= 0.3 is 21.1 Å². The summed E-state index contributed by atoms with van der Waals surface area (Å²) in [6.45, 7) is 1.32. The molecule has 0 aliphatic carbocycles. The second-order valence-corrected chi connectivity index (χ2v) is 0.204. The zero-order valence-corrected chi connectivity index (χ0v) is 6.75. The molecule has 2 nitrogen and oxygen atoms in total. The van der Waals surface area contributed by atoms with Crippen LogP contribution < -0.4 is 0 Å². The Bertz CT molecular complexity index is 19.9. The van der Waals surface area contributed by atoms with E-state index in [-0.39, 0.29) is 35.9 Å². The van der Waals surface area contributed by atoms with Crippen molar-refractivity contribution in [2.45, 2.75) is 21.8 Å². The number of rotatable bonds is 0. The van der Waals surface area contributed by atoms with Gasteiger partial charge in [0.15, 0.2) is 0 Å². The van der Waals surface area contributed by atoms with Gasteiger partial charge in [0.05, 0.1) is 0 Å². The standard InChI is InChI=1S/C2H3O.CH4N.2CH4.W/c1-2-3;1-2;;;/h1H3;2H,1H3;2*1H4;/q2*-1;;;+2. The maximum Gasteiger partial charge on any atom is 2.00 e. The minimum Gasteiger partial charge on any atom is -0.680 e. The molecule has 3 heteroatoms. The Morgan fingerprint density at radius 1 is 1.25 bits per heavy atom. The molecule has 0 aromatic carbocycles. The summed E-state index contributed by atoms with van der Waals surface area (Å²) >= 11 is 0. The topological polar surface area (TPSA) is 40.9 Å². The summed E-state index contributed by atoms with van der Waals surface area (Å²) < 4.78 is 0. The van der Waals surface area contributed by atoms with Crippen molar-refractivity contribution in [3.05, 3.63) is 5.73 Å². The molecule has 0 heterocycles. The van der Waals surface area contributed by atoms with Crippen molar-refractivity contribution < 1.29 is 25.9 Å². The van der Waals surface area contributed by atoms with Crippen LogP contribution in [0.1, 0.15) is 21.8 Å². The minimum absolute atomic E-state index is 0. The molecule has 0 bridgehead atoms. The second-order valence-electron chi connectivity index (χ2n) is 0.204. The van der Waals surface area contributed by atoms with Crippen LogP contribution in [0.2, 0.25) is 0 Å². The van der Waals surface area contributed by atoms with Crippen LogP contribution in [-0.2, 0) is 25.9 Å². The van der Waals surface area contributed by atoms with Gasteiger partial charge in [-0.05, 0) is 0 Å². The molecular formula is C5H15NOW. The van der Waals surface area contributed by atoms with Gasteiger partial charge in [0.2, 0.25) is 0 Å². The third-order valence-electron chi connectivity index (χ3n) is 0. The molecular weight excluding hydrogens is 274 g/mol. The molecule has 0 atom stereocenters. The average molecular weight is 289 g/mol. The number of nitrogens with one attached hydrogen (secondary N) is 1. The number of hydrogen-bond donors (Lipinski definition) is 0. The van der Waals surface area contributed by atoms with E-state index in [4.69, 9.17) is 10.5 Å². The van der Waals surface area contributed by atoms with Gasteiger partial charge in [0.1, 0.15) is 0 Å². The van der Waals surface area contributed by atoms with Gasteiger partial charge in [-0.3, -0.25) is 6.29 Å². The summed E-state index contributed by atoms with van der Waals surface area (Å²) in [5.74, 6) is 0. The largest absolute Gasteiger partial charge is 2.00 e. The van der Waals surface area contributed by atoms with E-state index in [1.165, 1.54) is 20.3 Å². The van der Waals surface area contributed by atoms with Gasteiger partial charge in [-0.1, -0.05) is 14.9 Å². The summed E-state index contributed by atoms with van der Waals surface area (Å²) in [5.41, 5.74) is 5.75. The fourth-order valence-corrected chi connectivity index (χ4v) is 0. The van der Waals surface area contributed by atoms with Crippen molar-refractivity contribution in [2.24, 2.45) is 0 Å². The smallest absolute Gasteiger partial charge is 0.680 e. The maximum absolute atomic E-state index is 8.68. The van der Waals surface area contributed by atoms with Crippen LogP contribution in [0.4, 0.5) is 0 Å². The molecule has 0 unspecified atom stereocenters. The van der Waals surface area contributed by atoms with Crippen molar-refractivity contribution in [1.29, 1.82) is 0 Å². The molecule has 0 radical (unpaired) electrons. The van der Waals surface area contributed by atoms with Gasteiger partial charge in [0, 0.05) is 0 Å². The Balaban J connectivity index is -0.00000000567. The van der Waals surface area contributed by atoms with Gasteiger partial charge in [-0.25, -0.2) is 0 Å². The molecule has 0 fully saturated rings. The van der Waals surface area contributed by atoms with E-state index in [2.05, 4.69) is 0 Å². The van der Waals surface area contributed by atoms with Crippen LogP contribution in [0.3, 0.4) is 0 Å². The Kier molecular flexibility index (Phi) is 850. The van der Waals surface area contributed by atoms with Crippen LogP contribution >= 0.6 is 0 Å². The van der Waals surface area contributed by atoms with E-state index in [9.17, 15) is 0 Å². The van der Waals surface area contributed by atoms with Crippen molar-refractivity contribution in [3.8, 4) is 0 Å². The van der Waals surface area contributed by atoms with Crippen molar-refractivity contribution in [3.63, 3.8) is 0 Å². The van der Waals surface area contributed by atoms with E-state index in [0.29, 0.717) is 0 Å². The molecule has 0 aliphatic rings. The first-order chi connectivity index (χ1) is 2.41. The molecule has 0 saturated carbocycles. The first-order valence-corrected chi connectivity index (χ1v) is 1.20. The Hall–Kier alpha value is 0.318. The Morgan fingerprint density at radius 3 is 1.25 bits per heavy atom. The van der Waals surface area contributed by atoms with Crippen LogP contribution in [0.25, 0.3) is 5.73 Å². The van der Waals surface area contributed by atoms with Gasteiger partial charge in [-0.15, -0.1) is 0 Å². The zero-order chi connectivity index (χ0) is 4.71. The quantitative estimate of drug-likeness (QED) is 0.629. The summed E-state index contributed by atoms with van der Waals surface area (Å²) in [5, 5.41) is 0. The Labute approximate surface area is 67.1 Å². The number of hydrogen-bond acceptors (Lipinski definition) is 1. The van der Waals surface area contributed by atoms with Crippen LogP contribution in [0, 0.1) is 0 Å². The maximum atomic E-state index is 8.68. The molecule has 1 N–H and O–H groups in total. The summed E-state index contributed by atoms with van der Waals surface area (Å²) in [6.07, 6.45) is 1.50. The normalized spacial score (nSPS) is 2.38. The number of carbonyl (C=O) groups excluding carboxylic acids is 1. The zero-order valence-electron chi connectivity index (χ0n) is 3.82. The van der Waals surface area contributed by atoms with Crippen LogP contribution in [-0.4, -0.2) is 13.3 Å². The predicted octanol–water partition coefficient (Wildman–Crippen LogP) is 2.05. The van der Waals surface area contributed by atoms with E-state index in [0.717, 1.165) is 0 Å². The molecule has 0 aromatic heterocycles. The summed E-state index contributed by atoms with van der Waals surface area (Å²) in [7, 11) is 1.25. The molecule has 0 aromatic rings. The average Bonchev–Trinajstić information content (AvgIpc) is 1.46. The SMILES string of the molecule is C.C.C[C-]=O.C[NH-].[W+2]. The molecule has 0 amide bonds. The molecule has 0 spiro atoms. The summed E-state index contributed by atoms with van der Waals surface area (Å²) in [4.78, 5) is 8.68. The fourth-order valence-electron chi connectivity index (χ4n) is 0. The third-order valence-corrected chi connectivity index (χ3v) is 0. The molecule has 52 valence electrons. The Morgan fingerprint density at radius 2 is 1.25 bits per heavy atom. The van der Waals surface area contributed by atoms with Crippen molar-refractivity contribution in [1.82, 2.24) is 0 Å². The molecule has 0 aliphatic heterocycles. The van der Waals surface area contributed by atoms with E-state index >= 15 is 0 Å². The molecule has 0 saturated heterocycles. The van der Waals surface area contributed by atoms with E-state index < -0.39 is 0 Å². The third kappa shape index (κ3) is 1760. The van der Waals surface area contributed by atoms with E-state index in [1.807, 2.05) is 0 Å². The second kappa shape index (κ2) is 168. The minimum atomic E-state index is 0. The molecule has 0 rings (SSSR count).